The number of rotatable bonds is 5. The van der Waals surface area contributed by atoms with E-state index in [1.54, 1.807) is 0 Å². The van der Waals surface area contributed by atoms with Gasteiger partial charge in [0.2, 0.25) is 0 Å². The summed E-state index contributed by atoms with van der Waals surface area (Å²) in [5.41, 5.74) is 15.1. The molecule has 0 amide bonds. The normalized spacial score (nSPS) is 12.9. The Morgan fingerprint density at radius 3 is 1.62 bits per heavy atom. The summed E-state index contributed by atoms with van der Waals surface area (Å²) in [5, 5.41) is 4.92. The van der Waals surface area contributed by atoms with Crippen LogP contribution in [0.25, 0.3) is 88.8 Å². The minimum atomic E-state index is -0.164. The van der Waals surface area contributed by atoms with Gasteiger partial charge < -0.3 is 0 Å². The average Bonchev–Trinajstić information content (AvgIpc) is 3.47. The van der Waals surface area contributed by atoms with Crippen molar-refractivity contribution in [1.29, 1.82) is 0 Å². The van der Waals surface area contributed by atoms with E-state index in [1.807, 2.05) is 6.07 Å². The second kappa shape index (κ2) is 12.3. The fourth-order valence-corrected chi connectivity index (χ4v) is 8.54. The van der Waals surface area contributed by atoms with Crippen LogP contribution in [0.2, 0.25) is 0 Å². The van der Waals surface area contributed by atoms with Gasteiger partial charge in [-0.15, -0.1) is 0 Å². The van der Waals surface area contributed by atoms with Crippen molar-refractivity contribution in [2.75, 3.05) is 0 Å². The Morgan fingerprint density at radius 2 is 0.906 bits per heavy atom. The van der Waals surface area contributed by atoms with Crippen LogP contribution in [-0.2, 0) is 5.41 Å². The molecule has 0 atom stereocenters. The summed E-state index contributed by atoms with van der Waals surface area (Å²) in [4.78, 5) is 10.5. The van der Waals surface area contributed by atoms with Gasteiger partial charge in [-0.2, -0.15) is 0 Å². The molecule has 250 valence electrons. The molecule has 0 aliphatic heterocycles. The third-order valence-corrected chi connectivity index (χ3v) is 11.1. The summed E-state index contributed by atoms with van der Waals surface area (Å²) in [6.07, 6.45) is 0. The highest BCUT2D eigenvalue weighted by atomic mass is 14.9. The molecule has 0 N–H and O–H groups in total. The van der Waals surface area contributed by atoms with E-state index in [4.69, 9.17) is 9.97 Å². The fraction of sp³-hybridized carbons (Fsp3) is 0.0588. The van der Waals surface area contributed by atoms with Crippen molar-refractivity contribution in [3.63, 3.8) is 0 Å². The molecule has 10 rings (SSSR count). The summed E-state index contributed by atoms with van der Waals surface area (Å²) in [7, 11) is 0. The molecule has 0 bridgehead atoms. The Morgan fingerprint density at radius 1 is 0.377 bits per heavy atom. The van der Waals surface area contributed by atoms with Crippen LogP contribution < -0.4 is 0 Å². The number of nitrogens with zero attached hydrogens (tertiary/aromatic N) is 2. The first-order valence-electron chi connectivity index (χ1n) is 18.3. The molecule has 2 nitrogen and oxygen atoms in total. The van der Waals surface area contributed by atoms with E-state index >= 15 is 0 Å². The molecule has 8 aromatic carbocycles. The first-order chi connectivity index (χ1) is 26.0. The Kier molecular flexibility index (Phi) is 7.19. The van der Waals surface area contributed by atoms with Crippen LogP contribution in [-0.4, -0.2) is 9.97 Å². The van der Waals surface area contributed by atoms with Gasteiger partial charge >= 0.3 is 0 Å². The number of benzene rings is 8. The Balaban J connectivity index is 1.14. The summed E-state index contributed by atoms with van der Waals surface area (Å²) in [5.74, 6) is 0.716. The monoisotopic (exact) mass is 676 g/mol. The van der Waals surface area contributed by atoms with Crippen molar-refractivity contribution in [2.24, 2.45) is 0 Å². The van der Waals surface area contributed by atoms with E-state index in [9.17, 15) is 0 Å². The largest absolute Gasteiger partial charge is 0.228 e. The van der Waals surface area contributed by atoms with Crippen molar-refractivity contribution in [1.82, 2.24) is 9.97 Å². The average molecular weight is 677 g/mol. The van der Waals surface area contributed by atoms with E-state index in [1.165, 1.54) is 60.7 Å². The van der Waals surface area contributed by atoms with Crippen LogP contribution in [0.3, 0.4) is 0 Å². The third kappa shape index (κ3) is 5.10. The van der Waals surface area contributed by atoms with E-state index in [2.05, 4.69) is 190 Å². The summed E-state index contributed by atoms with van der Waals surface area (Å²) in [6.45, 7) is 4.76. The molecule has 1 aliphatic rings. The lowest BCUT2D eigenvalue weighted by molar-refractivity contribution is 0.662. The molecule has 1 heterocycles. The number of hydrogen-bond donors (Lipinski definition) is 0. The topological polar surface area (TPSA) is 25.8 Å². The lowest BCUT2D eigenvalue weighted by Crippen LogP contribution is -2.16. The molecule has 0 spiro atoms. The minimum absolute atomic E-state index is 0.164. The minimum Gasteiger partial charge on any atom is -0.228 e. The van der Waals surface area contributed by atoms with Gasteiger partial charge in [-0.1, -0.05) is 184 Å². The molecule has 0 saturated heterocycles. The molecule has 0 radical (unpaired) electrons. The van der Waals surface area contributed by atoms with Crippen LogP contribution in [0.5, 0.6) is 0 Å². The lowest BCUT2D eigenvalue weighted by atomic mass is 9.78. The Bertz CT molecular complexity index is 2830. The van der Waals surface area contributed by atoms with Crippen LogP contribution in [0, 0.1) is 0 Å². The quantitative estimate of drug-likeness (QED) is 0.181. The SMILES string of the molecule is CC1(C)c2ccc3ccccc3c2-c2cccc(-c3ccc(-c4nc(-c5ccccc5)cc(-c5ccc(-c6ccccc6)cc5)n4)c4ccccc34)c21. The van der Waals surface area contributed by atoms with E-state index in [0.717, 1.165) is 33.5 Å². The molecular weight excluding hydrogens is 641 g/mol. The van der Waals surface area contributed by atoms with Gasteiger partial charge in [-0.3, -0.25) is 0 Å². The van der Waals surface area contributed by atoms with Crippen molar-refractivity contribution in [3.05, 3.63) is 193 Å². The van der Waals surface area contributed by atoms with Crippen LogP contribution in [0.1, 0.15) is 25.0 Å². The molecule has 9 aromatic rings. The molecule has 1 aliphatic carbocycles. The molecule has 0 unspecified atom stereocenters. The predicted octanol–water partition coefficient (Wildman–Crippen LogP) is 13.4. The fourth-order valence-electron chi connectivity index (χ4n) is 8.54. The van der Waals surface area contributed by atoms with Crippen LogP contribution >= 0.6 is 0 Å². The zero-order chi connectivity index (χ0) is 35.5. The molecule has 2 heteroatoms. The predicted molar refractivity (Wildman–Crippen MR) is 222 cm³/mol. The number of aromatic nitrogens is 2. The zero-order valence-electron chi connectivity index (χ0n) is 29.7. The van der Waals surface area contributed by atoms with Crippen LogP contribution in [0.15, 0.2) is 182 Å². The maximum Gasteiger partial charge on any atom is 0.161 e. The van der Waals surface area contributed by atoms with Gasteiger partial charge in [-0.25, -0.2) is 9.97 Å². The Hall–Kier alpha value is -6.64. The summed E-state index contributed by atoms with van der Waals surface area (Å²) < 4.78 is 0. The summed E-state index contributed by atoms with van der Waals surface area (Å²) in [6, 6.07) is 65.2. The van der Waals surface area contributed by atoms with Crippen molar-refractivity contribution < 1.29 is 0 Å². The van der Waals surface area contributed by atoms with Crippen molar-refractivity contribution in [2.45, 2.75) is 19.3 Å². The highest BCUT2D eigenvalue weighted by molar-refractivity contribution is 6.08. The molecule has 1 aromatic heterocycles. The zero-order valence-corrected chi connectivity index (χ0v) is 29.7. The van der Waals surface area contributed by atoms with Gasteiger partial charge in [0, 0.05) is 22.1 Å². The Labute approximate surface area is 310 Å². The number of hydrogen-bond acceptors (Lipinski definition) is 2. The maximum absolute atomic E-state index is 5.28. The van der Waals surface area contributed by atoms with Gasteiger partial charge in [0.1, 0.15) is 0 Å². The maximum atomic E-state index is 5.28. The van der Waals surface area contributed by atoms with Crippen LogP contribution in [0.4, 0.5) is 0 Å². The van der Waals surface area contributed by atoms with E-state index in [-0.39, 0.29) is 5.41 Å². The smallest absolute Gasteiger partial charge is 0.161 e. The van der Waals surface area contributed by atoms with Crippen molar-refractivity contribution in [3.8, 4) is 67.3 Å². The first kappa shape index (κ1) is 31.1. The third-order valence-electron chi connectivity index (χ3n) is 11.1. The standard InChI is InChI=1S/C51H36N2/c1-51(2)45-31-28-35-16-9-10-19-38(35)48(45)44-23-13-22-42(49(44)51)41-29-30-43(40-21-12-11-20-39(40)41)50-52-46(36-17-7-4-8-18-36)32-47(53-50)37-26-24-34(25-27-37)33-14-5-3-6-15-33/h3-32H,1-2H3. The second-order valence-corrected chi connectivity index (χ2v) is 14.5. The molecule has 0 saturated carbocycles. The first-order valence-corrected chi connectivity index (χ1v) is 18.3. The van der Waals surface area contributed by atoms with Gasteiger partial charge in [-0.05, 0) is 78.2 Å². The molecule has 0 fully saturated rings. The lowest BCUT2D eigenvalue weighted by Gasteiger charge is -2.25. The van der Waals surface area contributed by atoms with Gasteiger partial charge in [0.25, 0.3) is 0 Å². The summed E-state index contributed by atoms with van der Waals surface area (Å²) >= 11 is 0. The molecule has 53 heavy (non-hydrogen) atoms. The van der Waals surface area contributed by atoms with Gasteiger partial charge in [0.15, 0.2) is 5.82 Å². The molecular formula is C51H36N2. The van der Waals surface area contributed by atoms with E-state index < -0.39 is 0 Å². The highest BCUT2D eigenvalue weighted by Crippen LogP contribution is 2.55. The van der Waals surface area contributed by atoms with E-state index in [0.29, 0.717) is 5.82 Å². The number of fused-ring (bicyclic) bond motifs is 6. The van der Waals surface area contributed by atoms with Gasteiger partial charge in [0.05, 0.1) is 11.4 Å². The second-order valence-electron chi connectivity index (χ2n) is 14.5. The highest BCUT2D eigenvalue weighted by Gasteiger charge is 2.38. The van der Waals surface area contributed by atoms with Crippen molar-refractivity contribution >= 4 is 21.5 Å².